The average molecular weight is 1310 g/mol. The van der Waals surface area contributed by atoms with E-state index in [4.69, 9.17) is 18.9 Å². The van der Waals surface area contributed by atoms with Gasteiger partial charge in [0.15, 0.2) is 0 Å². The molecule has 0 saturated carbocycles. The van der Waals surface area contributed by atoms with E-state index in [2.05, 4.69) is 301 Å². The SMILES string of the molecule is CC(C)(C)c1cc2c3c(c1)Cc1cc(C(C)(C)C)cc4c1OCc1cc5cc(c1)-c1cccc(c1)-c1cc6cc(c1)-c1cccc(c1)-c1cc(cc(c1)-c1cccc(c1)-c1cc(cc(c1)-c1cccc-5c1)CO3)COc1c(cc(C(C)(C)C)cc1Cc1cc(C(C)(C)C)cc(c1OC6)C4)C2. The Morgan fingerprint density at radius 1 is 0.190 bits per heavy atom. The molecule has 17 rings (SSSR count). The van der Waals surface area contributed by atoms with Crippen molar-refractivity contribution in [2.75, 3.05) is 0 Å². The molecular formula is C96H88O4. The molecule has 5 aliphatic rings. The third-order valence-corrected chi connectivity index (χ3v) is 21.6. The first-order chi connectivity index (χ1) is 47.9. The lowest BCUT2D eigenvalue weighted by atomic mass is 9.79. The molecule has 0 N–H and O–H groups in total. The number of hydrogen-bond acceptors (Lipinski definition) is 4. The highest BCUT2D eigenvalue weighted by Gasteiger charge is 2.31. The Kier molecular flexibility index (Phi) is 15.0. The van der Waals surface area contributed by atoms with Gasteiger partial charge in [0.2, 0.25) is 0 Å². The Hall–Kier alpha value is -10.2. The van der Waals surface area contributed by atoms with Crippen molar-refractivity contribution in [1.82, 2.24) is 0 Å². The zero-order chi connectivity index (χ0) is 68.7. The summed E-state index contributed by atoms with van der Waals surface area (Å²) >= 11 is 0. The second-order valence-corrected chi connectivity index (χ2v) is 33.4. The van der Waals surface area contributed by atoms with E-state index in [1.807, 2.05) is 0 Å². The summed E-state index contributed by atoms with van der Waals surface area (Å²) in [4.78, 5) is 0. The van der Waals surface area contributed by atoms with E-state index < -0.39 is 0 Å². The largest absolute Gasteiger partial charge is 0.488 e. The van der Waals surface area contributed by atoms with Crippen molar-refractivity contribution >= 4 is 0 Å². The summed E-state index contributed by atoms with van der Waals surface area (Å²) in [5.41, 5.74) is 35.4. The van der Waals surface area contributed by atoms with E-state index in [1.54, 1.807) is 0 Å². The van der Waals surface area contributed by atoms with E-state index in [0.717, 1.165) is 179 Å². The van der Waals surface area contributed by atoms with E-state index in [-0.39, 0.29) is 21.7 Å². The van der Waals surface area contributed by atoms with Crippen LogP contribution in [-0.2, 0) is 73.8 Å². The Labute approximate surface area is 591 Å². The topological polar surface area (TPSA) is 36.9 Å². The van der Waals surface area contributed by atoms with Crippen molar-refractivity contribution in [2.24, 2.45) is 0 Å². The lowest BCUT2D eigenvalue weighted by molar-refractivity contribution is 0.293. The van der Waals surface area contributed by atoms with Gasteiger partial charge in [-0.25, -0.2) is 0 Å². The number of rotatable bonds is 0. The summed E-state index contributed by atoms with van der Waals surface area (Å²) in [7, 11) is 0. The zero-order valence-corrected chi connectivity index (χ0v) is 60.1. The molecule has 32 bridgehead atoms. The average Bonchev–Trinajstić information content (AvgIpc) is 0.852. The number of ether oxygens (including phenoxy) is 4. The maximum Gasteiger partial charge on any atom is 0.126 e. The molecule has 100 heavy (non-hydrogen) atoms. The number of hydrogen-bond donors (Lipinski definition) is 0. The molecule has 4 aliphatic heterocycles. The van der Waals surface area contributed by atoms with Crippen molar-refractivity contribution in [3.63, 3.8) is 0 Å². The second-order valence-electron chi connectivity index (χ2n) is 33.4. The van der Waals surface area contributed by atoms with Crippen LogP contribution in [0.15, 0.2) is 218 Å². The molecule has 0 amide bonds. The Morgan fingerprint density at radius 3 is 0.490 bits per heavy atom. The minimum atomic E-state index is -0.232. The van der Waals surface area contributed by atoms with Crippen LogP contribution in [0.1, 0.15) is 172 Å². The summed E-state index contributed by atoms with van der Waals surface area (Å²) in [5.74, 6) is 3.58. The van der Waals surface area contributed by atoms with Crippen LogP contribution in [0.4, 0.5) is 0 Å². The van der Waals surface area contributed by atoms with Crippen LogP contribution in [0.3, 0.4) is 0 Å². The molecular weight excluding hydrogens is 1220 g/mol. The van der Waals surface area contributed by atoms with Crippen LogP contribution in [-0.4, -0.2) is 0 Å². The molecule has 4 heterocycles. The fraction of sp³-hybridized carbons (Fsp3) is 0.250. The molecule has 0 fully saturated rings. The molecule has 12 aromatic rings. The molecule has 0 aromatic heterocycles. The van der Waals surface area contributed by atoms with Gasteiger partial charge >= 0.3 is 0 Å². The maximum absolute atomic E-state index is 7.84. The van der Waals surface area contributed by atoms with Crippen LogP contribution in [0, 0.1) is 0 Å². The molecule has 0 unspecified atom stereocenters. The number of fused-ring (bicyclic) bond motifs is 28. The Balaban J connectivity index is 1.09. The third-order valence-electron chi connectivity index (χ3n) is 21.6. The molecule has 1 aliphatic carbocycles. The molecule has 0 atom stereocenters. The highest BCUT2D eigenvalue weighted by atomic mass is 16.5. The predicted molar refractivity (Wildman–Crippen MR) is 413 cm³/mol. The van der Waals surface area contributed by atoms with Gasteiger partial charge in [-0.3, -0.25) is 0 Å². The van der Waals surface area contributed by atoms with E-state index in [0.29, 0.717) is 52.1 Å². The first-order valence-corrected chi connectivity index (χ1v) is 36.0. The molecule has 0 radical (unpaired) electrons. The molecule has 4 heteroatoms. The van der Waals surface area contributed by atoms with Crippen molar-refractivity contribution in [3.05, 3.63) is 307 Å². The fourth-order valence-electron chi connectivity index (χ4n) is 15.9. The van der Waals surface area contributed by atoms with Crippen molar-refractivity contribution in [3.8, 4) is 112 Å². The van der Waals surface area contributed by atoms with Crippen LogP contribution in [0.2, 0.25) is 0 Å². The zero-order valence-electron chi connectivity index (χ0n) is 60.1. The summed E-state index contributed by atoms with van der Waals surface area (Å²) < 4.78 is 31.4. The van der Waals surface area contributed by atoms with Crippen LogP contribution < -0.4 is 18.9 Å². The lowest BCUT2D eigenvalue weighted by Crippen LogP contribution is -2.18. The number of benzene rings is 12. The summed E-state index contributed by atoms with van der Waals surface area (Å²) in [6.45, 7) is 29.5. The Bertz CT molecular complexity index is 4440. The predicted octanol–water partition coefficient (Wildman–Crippen LogP) is 24.5. The van der Waals surface area contributed by atoms with Gasteiger partial charge in [0.05, 0.1) is 0 Å². The van der Waals surface area contributed by atoms with E-state index >= 15 is 0 Å². The minimum absolute atomic E-state index is 0.232. The van der Waals surface area contributed by atoms with Gasteiger partial charge in [-0.15, -0.1) is 0 Å². The normalized spacial score (nSPS) is 14.2. The molecule has 12 aromatic carbocycles. The molecule has 0 saturated heterocycles. The smallest absolute Gasteiger partial charge is 0.126 e. The first-order valence-electron chi connectivity index (χ1n) is 36.0. The summed E-state index contributed by atoms with van der Waals surface area (Å²) in [6.07, 6.45) is 2.19. The Morgan fingerprint density at radius 2 is 0.340 bits per heavy atom. The van der Waals surface area contributed by atoms with E-state index in [9.17, 15) is 0 Å². The first kappa shape index (κ1) is 63.3. The molecule has 4 nitrogen and oxygen atoms in total. The monoisotopic (exact) mass is 1300 g/mol. The van der Waals surface area contributed by atoms with Crippen LogP contribution in [0.25, 0.3) is 89.0 Å². The standard InChI is InChI=1S/C96H88O4/c1-93(2,3)85-45-77-41-79-47-86(94(4,5)6)49-81-43-83-51-88(96(10,11)12)52-84-44-82-50-87(95(7,8)9)48-80-42-78(46-85)89(77)97-53-57-25-69-37-70(26-57)62-18-14-20-64(34-62)72-28-59(55-99-91(80)82)30-74(39-72)66-22-16-24-68(36-66)76-32-60(56-100-92(83)84)31-75(40-76)67-23-15-21-65(35-67)73-29-58(54-98-90(79)81)27-71(38-73)63-19-13-17-61(69)33-63/h13-40,45-52H,41-44,53-56H2,1-12H3. The van der Waals surface area contributed by atoms with Gasteiger partial charge in [-0.2, -0.15) is 0 Å². The van der Waals surface area contributed by atoms with Crippen molar-refractivity contribution in [1.29, 1.82) is 0 Å². The second kappa shape index (κ2) is 23.8. The maximum atomic E-state index is 7.84. The summed E-state index contributed by atoms with van der Waals surface area (Å²) in [5, 5.41) is 0. The van der Waals surface area contributed by atoms with E-state index in [1.165, 1.54) is 22.3 Å². The van der Waals surface area contributed by atoms with Gasteiger partial charge in [0.25, 0.3) is 0 Å². The molecule has 496 valence electrons. The van der Waals surface area contributed by atoms with Crippen LogP contribution in [0.5, 0.6) is 23.0 Å². The summed E-state index contributed by atoms with van der Waals surface area (Å²) in [6, 6.07) is 84.9. The minimum Gasteiger partial charge on any atom is -0.488 e. The highest BCUT2D eigenvalue weighted by Crippen LogP contribution is 2.48. The fourth-order valence-corrected chi connectivity index (χ4v) is 15.9. The molecule has 0 spiro atoms. The quantitative estimate of drug-likeness (QED) is 0.152. The highest BCUT2D eigenvalue weighted by molar-refractivity contribution is 5.85. The van der Waals surface area contributed by atoms with Gasteiger partial charge < -0.3 is 18.9 Å². The van der Waals surface area contributed by atoms with Crippen molar-refractivity contribution < 1.29 is 18.9 Å². The van der Waals surface area contributed by atoms with Crippen LogP contribution >= 0.6 is 0 Å². The third kappa shape index (κ3) is 12.1. The van der Waals surface area contributed by atoms with Gasteiger partial charge in [-0.05, 0) is 297 Å². The van der Waals surface area contributed by atoms with Gasteiger partial charge in [0, 0.05) is 25.7 Å². The van der Waals surface area contributed by atoms with Gasteiger partial charge in [0.1, 0.15) is 49.4 Å². The lowest BCUT2D eigenvalue weighted by Gasteiger charge is -2.29. The van der Waals surface area contributed by atoms with Gasteiger partial charge in [-0.1, -0.05) is 204 Å². The van der Waals surface area contributed by atoms with Crippen molar-refractivity contribution in [2.45, 2.75) is 157 Å².